The number of nitrogens with zero attached hydrogens (tertiary/aromatic N) is 2. The number of carboxylic acid groups (broad SMARTS) is 1. The zero-order valence-electron chi connectivity index (χ0n) is 10.1. The number of aromatic nitrogens is 1. The molecule has 1 saturated heterocycles. The van der Waals surface area contributed by atoms with Crippen molar-refractivity contribution in [1.82, 2.24) is 4.98 Å². The number of pyridine rings is 1. The number of aryl methyl sites for hydroxylation is 1. The molecular weight excluding hydrogens is 216 g/mol. The van der Waals surface area contributed by atoms with Gasteiger partial charge < -0.3 is 10.0 Å². The molecule has 0 saturated carbocycles. The standard InChI is InChI=1S/C13H18N2O2/c1-10-8-12(5-6-14-10)15-7-3-2-4-11(15)9-13(16)17/h5-6,8,11H,2-4,7,9H2,1H3,(H,16,17). The number of piperidine rings is 1. The Morgan fingerprint density at radius 3 is 3.12 bits per heavy atom. The van der Waals surface area contributed by atoms with Crippen LogP contribution < -0.4 is 4.90 Å². The average molecular weight is 234 g/mol. The lowest BCUT2D eigenvalue weighted by molar-refractivity contribution is -0.137. The second kappa shape index (κ2) is 5.17. The minimum Gasteiger partial charge on any atom is -0.481 e. The van der Waals surface area contributed by atoms with Gasteiger partial charge in [-0.15, -0.1) is 0 Å². The van der Waals surface area contributed by atoms with Crippen LogP contribution in [0.15, 0.2) is 18.3 Å². The summed E-state index contributed by atoms with van der Waals surface area (Å²) < 4.78 is 0. The Morgan fingerprint density at radius 1 is 1.59 bits per heavy atom. The zero-order valence-corrected chi connectivity index (χ0v) is 10.1. The van der Waals surface area contributed by atoms with Crippen molar-refractivity contribution in [2.75, 3.05) is 11.4 Å². The number of carbonyl (C=O) groups is 1. The summed E-state index contributed by atoms with van der Waals surface area (Å²) in [6.07, 6.45) is 5.24. The van der Waals surface area contributed by atoms with E-state index in [9.17, 15) is 4.79 Å². The molecule has 2 heterocycles. The van der Waals surface area contributed by atoms with Gasteiger partial charge in [0.1, 0.15) is 0 Å². The Labute approximate surface area is 101 Å². The molecule has 92 valence electrons. The van der Waals surface area contributed by atoms with Crippen LogP contribution >= 0.6 is 0 Å². The van der Waals surface area contributed by atoms with Crippen LogP contribution in [0.1, 0.15) is 31.4 Å². The minimum absolute atomic E-state index is 0.128. The van der Waals surface area contributed by atoms with E-state index in [4.69, 9.17) is 5.11 Å². The van der Waals surface area contributed by atoms with Gasteiger partial charge in [-0.3, -0.25) is 9.78 Å². The fourth-order valence-electron chi connectivity index (χ4n) is 2.46. The second-order valence-corrected chi connectivity index (χ2v) is 4.60. The number of hydrogen-bond acceptors (Lipinski definition) is 3. The van der Waals surface area contributed by atoms with E-state index in [1.54, 1.807) is 6.20 Å². The summed E-state index contributed by atoms with van der Waals surface area (Å²) in [4.78, 5) is 17.3. The van der Waals surface area contributed by atoms with Crippen LogP contribution in [0, 0.1) is 6.92 Å². The monoisotopic (exact) mass is 234 g/mol. The highest BCUT2D eigenvalue weighted by atomic mass is 16.4. The summed E-state index contributed by atoms with van der Waals surface area (Å²) in [6, 6.07) is 4.12. The molecule has 1 N–H and O–H groups in total. The molecule has 1 aromatic heterocycles. The fourth-order valence-corrected chi connectivity index (χ4v) is 2.46. The zero-order chi connectivity index (χ0) is 12.3. The van der Waals surface area contributed by atoms with Crippen LogP contribution in [0.2, 0.25) is 0 Å². The molecule has 1 aromatic rings. The third kappa shape index (κ3) is 2.96. The Balaban J connectivity index is 2.18. The molecule has 0 amide bonds. The fraction of sp³-hybridized carbons (Fsp3) is 0.538. The number of hydrogen-bond donors (Lipinski definition) is 1. The van der Waals surface area contributed by atoms with E-state index in [-0.39, 0.29) is 12.5 Å². The number of anilines is 1. The summed E-state index contributed by atoms with van der Waals surface area (Å²) in [5.41, 5.74) is 2.07. The molecule has 4 nitrogen and oxygen atoms in total. The van der Waals surface area contributed by atoms with Gasteiger partial charge in [-0.25, -0.2) is 0 Å². The van der Waals surface area contributed by atoms with Crippen molar-refractivity contribution in [3.8, 4) is 0 Å². The first-order valence-corrected chi connectivity index (χ1v) is 6.08. The van der Waals surface area contributed by atoms with Crippen molar-refractivity contribution >= 4 is 11.7 Å². The highest BCUT2D eigenvalue weighted by Gasteiger charge is 2.24. The van der Waals surface area contributed by atoms with Gasteiger partial charge in [0.2, 0.25) is 0 Å². The largest absolute Gasteiger partial charge is 0.481 e. The van der Waals surface area contributed by atoms with Crippen LogP contribution in [-0.2, 0) is 4.79 Å². The molecule has 1 aliphatic rings. The smallest absolute Gasteiger partial charge is 0.305 e. The third-order valence-corrected chi connectivity index (χ3v) is 3.25. The molecule has 0 radical (unpaired) electrons. The molecule has 1 atom stereocenters. The Kier molecular flexibility index (Phi) is 3.61. The van der Waals surface area contributed by atoms with Gasteiger partial charge in [0.25, 0.3) is 0 Å². The van der Waals surface area contributed by atoms with Crippen LogP contribution in [0.3, 0.4) is 0 Å². The normalized spacial score (nSPS) is 20.3. The van der Waals surface area contributed by atoms with Crippen molar-refractivity contribution in [2.45, 2.75) is 38.6 Å². The van der Waals surface area contributed by atoms with Crippen LogP contribution in [0.5, 0.6) is 0 Å². The van der Waals surface area contributed by atoms with Gasteiger partial charge in [-0.05, 0) is 38.3 Å². The quantitative estimate of drug-likeness (QED) is 0.871. The molecular formula is C13H18N2O2. The average Bonchev–Trinajstić information content (AvgIpc) is 2.29. The van der Waals surface area contributed by atoms with Gasteiger partial charge >= 0.3 is 5.97 Å². The summed E-state index contributed by atoms with van der Waals surface area (Å²) in [6.45, 7) is 2.90. The topological polar surface area (TPSA) is 53.4 Å². The predicted octanol–water partition coefficient (Wildman–Crippen LogP) is 2.22. The van der Waals surface area contributed by atoms with E-state index < -0.39 is 5.97 Å². The van der Waals surface area contributed by atoms with Crippen molar-refractivity contribution in [3.63, 3.8) is 0 Å². The van der Waals surface area contributed by atoms with Crippen LogP contribution in [0.4, 0.5) is 5.69 Å². The molecule has 2 rings (SSSR count). The molecule has 1 aliphatic heterocycles. The van der Waals surface area contributed by atoms with E-state index in [0.717, 1.165) is 37.2 Å². The van der Waals surface area contributed by atoms with Crippen LogP contribution in [0.25, 0.3) is 0 Å². The maximum absolute atomic E-state index is 10.9. The molecule has 4 heteroatoms. The second-order valence-electron chi connectivity index (χ2n) is 4.60. The molecule has 0 aliphatic carbocycles. The van der Waals surface area contributed by atoms with E-state index in [2.05, 4.69) is 9.88 Å². The van der Waals surface area contributed by atoms with Gasteiger partial charge in [0.15, 0.2) is 0 Å². The SMILES string of the molecule is Cc1cc(N2CCCCC2CC(=O)O)ccn1. The molecule has 1 unspecified atom stereocenters. The van der Waals surface area contributed by atoms with Gasteiger partial charge in [-0.2, -0.15) is 0 Å². The van der Waals surface area contributed by atoms with Crippen molar-refractivity contribution in [3.05, 3.63) is 24.0 Å². The third-order valence-electron chi connectivity index (χ3n) is 3.25. The summed E-state index contributed by atoms with van der Waals surface area (Å²) in [7, 11) is 0. The van der Waals surface area contributed by atoms with Gasteiger partial charge in [0, 0.05) is 30.2 Å². The predicted molar refractivity (Wildman–Crippen MR) is 66.2 cm³/mol. The first-order chi connectivity index (χ1) is 8.16. The molecule has 17 heavy (non-hydrogen) atoms. The van der Waals surface area contributed by atoms with E-state index in [1.165, 1.54) is 0 Å². The van der Waals surface area contributed by atoms with E-state index in [0.29, 0.717) is 0 Å². The summed E-state index contributed by atoms with van der Waals surface area (Å²) >= 11 is 0. The Morgan fingerprint density at radius 2 is 2.41 bits per heavy atom. The molecule has 1 fully saturated rings. The van der Waals surface area contributed by atoms with E-state index >= 15 is 0 Å². The van der Waals surface area contributed by atoms with Gasteiger partial charge in [-0.1, -0.05) is 0 Å². The van der Waals surface area contributed by atoms with Crippen LogP contribution in [-0.4, -0.2) is 28.6 Å². The van der Waals surface area contributed by atoms with Gasteiger partial charge in [0.05, 0.1) is 6.42 Å². The van der Waals surface area contributed by atoms with E-state index in [1.807, 2.05) is 19.1 Å². The lowest BCUT2D eigenvalue weighted by atomic mass is 9.98. The lowest BCUT2D eigenvalue weighted by Gasteiger charge is -2.36. The number of rotatable bonds is 3. The summed E-state index contributed by atoms with van der Waals surface area (Å²) in [5, 5.41) is 8.95. The molecule has 0 bridgehead atoms. The lowest BCUT2D eigenvalue weighted by Crippen LogP contribution is -2.41. The maximum atomic E-state index is 10.9. The molecule has 0 aromatic carbocycles. The number of aliphatic carboxylic acids is 1. The van der Waals surface area contributed by atoms with Crippen molar-refractivity contribution in [1.29, 1.82) is 0 Å². The summed E-state index contributed by atoms with van der Waals surface area (Å²) in [5.74, 6) is -0.715. The highest BCUT2D eigenvalue weighted by Crippen LogP contribution is 2.26. The maximum Gasteiger partial charge on any atom is 0.305 e. The minimum atomic E-state index is -0.715. The first-order valence-electron chi connectivity index (χ1n) is 6.08. The van der Waals surface area contributed by atoms with Crippen molar-refractivity contribution in [2.24, 2.45) is 0 Å². The number of carboxylic acids is 1. The highest BCUT2D eigenvalue weighted by molar-refractivity contribution is 5.68. The Hall–Kier alpha value is -1.58. The first kappa shape index (κ1) is 11.9. The molecule has 0 spiro atoms. The van der Waals surface area contributed by atoms with Crippen molar-refractivity contribution < 1.29 is 9.90 Å². The Bertz CT molecular complexity index is 406.